The minimum atomic E-state index is -0.149. The third kappa shape index (κ3) is 2.01. The maximum absolute atomic E-state index is 11.8. The quantitative estimate of drug-likeness (QED) is 0.575. The molecule has 0 amide bonds. The Morgan fingerprint density at radius 3 is 2.58 bits per heavy atom. The number of hydrogen-bond donors (Lipinski definition) is 0. The molecule has 96 valence electrons. The van der Waals surface area contributed by atoms with Crippen LogP contribution >= 0.6 is 0 Å². The third-order valence-electron chi connectivity index (χ3n) is 3.17. The molecule has 0 aromatic heterocycles. The Morgan fingerprint density at radius 2 is 1.84 bits per heavy atom. The van der Waals surface area contributed by atoms with Gasteiger partial charge in [-0.25, -0.2) is 4.98 Å². The second-order valence-electron chi connectivity index (χ2n) is 5.75. The van der Waals surface area contributed by atoms with Gasteiger partial charge in [0.1, 0.15) is 11.2 Å². The van der Waals surface area contributed by atoms with Gasteiger partial charge in [0, 0.05) is 6.07 Å². The zero-order valence-electron chi connectivity index (χ0n) is 11.2. The molecule has 1 aliphatic heterocycles. The highest BCUT2D eigenvalue weighted by atomic mass is 16.3. The molecular weight excluding hydrogens is 238 g/mol. The third-order valence-corrected chi connectivity index (χ3v) is 3.17. The lowest BCUT2D eigenvalue weighted by atomic mass is 9.84. The van der Waals surface area contributed by atoms with Crippen LogP contribution in [0.2, 0.25) is 0 Å². The van der Waals surface area contributed by atoms with Crippen molar-refractivity contribution in [3.05, 3.63) is 52.2 Å². The van der Waals surface area contributed by atoms with Crippen LogP contribution in [0.4, 0.5) is 0 Å². The van der Waals surface area contributed by atoms with Crippen LogP contribution in [0, 0.1) is 0 Å². The van der Waals surface area contributed by atoms with E-state index >= 15 is 0 Å². The molecule has 1 aromatic rings. The van der Waals surface area contributed by atoms with E-state index in [0.717, 1.165) is 16.8 Å². The zero-order chi connectivity index (χ0) is 13.6. The minimum absolute atomic E-state index is 0.0433. The molecule has 1 heterocycles. The Balaban J connectivity index is 2.46. The summed E-state index contributed by atoms with van der Waals surface area (Å²) in [6.45, 7) is 6.20. The van der Waals surface area contributed by atoms with Gasteiger partial charge in [-0.15, -0.1) is 0 Å². The van der Waals surface area contributed by atoms with Gasteiger partial charge in [0.15, 0.2) is 16.8 Å². The molecule has 0 radical (unpaired) electrons. The molecule has 0 unspecified atom stereocenters. The summed E-state index contributed by atoms with van der Waals surface area (Å²) >= 11 is 0. The van der Waals surface area contributed by atoms with Crippen molar-refractivity contribution in [1.82, 2.24) is 4.98 Å². The molecule has 0 N–H and O–H groups in total. The van der Waals surface area contributed by atoms with Crippen molar-refractivity contribution in [2.45, 2.75) is 26.2 Å². The molecule has 3 nitrogen and oxygen atoms in total. The van der Waals surface area contributed by atoms with E-state index in [-0.39, 0.29) is 10.8 Å². The van der Waals surface area contributed by atoms with Crippen molar-refractivity contribution in [2.24, 2.45) is 0 Å². The summed E-state index contributed by atoms with van der Waals surface area (Å²) in [5.41, 5.74) is 3.00. The summed E-state index contributed by atoms with van der Waals surface area (Å²) in [7, 11) is 0. The number of aromatic nitrogens is 1. The molecule has 2 aliphatic rings. The van der Waals surface area contributed by atoms with Crippen LogP contribution in [0.1, 0.15) is 26.3 Å². The fourth-order valence-corrected chi connectivity index (χ4v) is 2.22. The predicted octanol–water partition coefficient (Wildman–Crippen LogP) is 3.59. The van der Waals surface area contributed by atoms with Gasteiger partial charge in [-0.1, -0.05) is 32.9 Å². The number of benzene rings is 2. The van der Waals surface area contributed by atoms with Gasteiger partial charge in [-0.2, -0.15) is 0 Å². The Hall–Kier alpha value is -2.16. The average Bonchev–Trinajstić information content (AvgIpc) is 2.34. The summed E-state index contributed by atoms with van der Waals surface area (Å²) in [6.07, 6.45) is 0. The first-order chi connectivity index (χ1) is 8.95. The topological polar surface area (TPSA) is 43.1 Å². The summed E-state index contributed by atoms with van der Waals surface area (Å²) in [5.74, 6) is 0.552. The fraction of sp³-hybridized carbons (Fsp3) is 0.250. The first kappa shape index (κ1) is 11.9. The lowest BCUT2D eigenvalue weighted by Crippen LogP contribution is -2.17. The highest BCUT2D eigenvalue weighted by molar-refractivity contribution is 5.77. The monoisotopic (exact) mass is 253 g/mol. The first-order valence-electron chi connectivity index (χ1n) is 6.29. The number of para-hydroxylation sites is 2. The van der Waals surface area contributed by atoms with E-state index in [4.69, 9.17) is 4.42 Å². The standard InChI is InChI=1S/C16H15NO2/c1-16(2,3)11-8-10(18)9-14-15(11)17-12-6-4-5-7-13(12)19-14/h4-9H,1-3H3. The van der Waals surface area contributed by atoms with Crippen molar-refractivity contribution >= 4 is 11.1 Å². The van der Waals surface area contributed by atoms with Crippen LogP contribution in [-0.4, -0.2) is 4.98 Å². The van der Waals surface area contributed by atoms with E-state index in [1.54, 1.807) is 6.07 Å². The van der Waals surface area contributed by atoms with Crippen LogP contribution in [0.15, 0.2) is 45.6 Å². The van der Waals surface area contributed by atoms with Crippen molar-refractivity contribution in [3.8, 4) is 11.5 Å². The summed E-state index contributed by atoms with van der Waals surface area (Å²) in [4.78, 5) is 16.5. The highest BCUT2D eigenvalue weighted by Gasteiger charge is 2.23. The highest BCUT2D eigenvalue weighted by Crippen LogP contribution is 2.33. The van der Waals surface area contributed by atoms with Gasteiger partial charge >= 0.3 is 0 Å². The van der Waals surface area contributed by atoms with E-state index in [9.17, 15) is 4.79 Å². The van der Waals surface area contributed by atoms with Crippen LogP contribution in [0.3, 0.4) is 0 Å². The molecule has 1 aromatic carbocycles. The Bertz CT molecular complexity index is 781. The smallest absolute Gasteiger partial charge is 0.182 e. The molecule has 0 spiro atoms. The number of fused-ring (bicyclic) bond motifs is 2. The first-order valence-corrected chi connectivity index (χ1v) is 6.29. The number of hydrogen-bond acceptors (Lipinski definition) is 3. The van der Waals surface area contributed by atoms with Crippen LogP contribution in [-0.2, 0) is 5.41 Å². The van der Waals surface area contributed by atoms with Gasteiger partial charge in [0.2, 0.25) is 0 Å². The molecule has 0 saturated carbocycles. The fourth-order valence-electron chi connectivity index (χ4n) is 2.22. The second kappa shape index (κ2) is 3.92. The van der Waals surface area contributed by atoms with Crippen LogP contribution < -0.4 is 5.43 Å². The molecule has 0 atom stereocenters. The van der Waals surface area contributed by atoms with Gasteiger partial charge < -0.3 is 4.42 Å². The molecular formula is C16H15NO2. The normalized spacial score (nSPS) is 12.2. The maximum Gasteiger partial charge on any atom is 0.182 e. The summed E-state index contributed by atoms with van der Waals surface area (Å²) in [6, 6.07) is 10.7. The summed E-state index contributed by atoms with van der Waals surface area (Å²) in [5, 5.41) is 0. The van der Waals surface area contributed by atoms with Gasteiger partial charge in [-0.05, 0) is 29.2 Å². The van der Waals surface area contributed by atoms with Crippen molar-refractivity contribution in [3.63, 3.8) is 0 Å². The molecule has 3 heteroatoms. The van der Waals surface area contributed by atoms with Gasteiger partial charge in [0.05, 0.1) is 0 Å². The van der Waals surface area contributed by atoms with Gasteiger partial charge in [0.25, 0.3) is 0 Å². The maximum atomic E-state index is 11.8. The van der Waals surface area contributed by atoms with Crippen molar-refractivity contribution in [1.29, 1.82) is 0 Å². The predicted molar refractivity (Wildman–Crippen MR) is 75.6 cm³/mol. The van der Waals surface area contributed by atoms with Crippen LogP contribution in [0.5, 0.6) is 0 Å². The largest absolute Gasteiger partial charge is 0.453 e. The Morgan fingerprint density at radius 1 is 1.11 bits per heavy atom. The van der Waals surface area contributed by atoms with Crippen LogP contribution in [0.25, 0.3) is 22.6 Å². The molecule has 0 fully saturated rings. The van der Waals surface area contributed by atoms with E-state index < -0.39 is 0 Å². The number of rotatable bonds is 0. The Kier molecular flexibility index (Phi) is 2.45. The number of nitrogens with zero attached hydrogens (tertiary/aromatic N) is 1. The molecule has 0 saturated heterocycles. The van der Waals surface area contributed by atoms with E-state index in [2.05, 4.69) is 25.8 Å². The molecule has 19 heavy (non-hydrogen) atoms. The lowest BCUT2D eigenvalue weighted by Gasteiger charge is -2.22. The molecule has 1 aliphatic carbocycles. The molecule has 0 bridgehead atoms. The average molecular weight is 253 g/mol. The van der Waals surface area contributed by atoms with Gasteiger partial charge in [-0.3, -0.25) is 4.79 Å². The van der Waals surface area contributed by atoms with E-state index in [0.29, 0.717) is 11.3 Å². The summed E-state index contributed by atoms with van der Waals surface area (Å²) < 4.78 is 5.80. The lowest BCUT2D eigenvalue weighted by molar-refractivity contribution is 0.571. The SMILES string of the molecule is CC(C)(C)c1cc(=O)cc2oc3ccccc3nc1-2. The minimum Gasteiger partial charge on any atom is -0.453 e. The van der Waals surface area contributed by atoms with E-state index in [1.807, 2.05) is 24.3 Å². The zero-order valence-corrected chi connectivity index (χ0v) is 11.2. The Labute approximate surface area is 111 Å². The van der Waals surface area contributed by atoms with Crippen molar-refractivity contribution in [2.75, 3.05) is 0 Å². The molecule has 3 rings (SSSR count). The second-order valence-corrected chi connectivity index (χ2v) is 5.75. The van der Waals surface area contributed by atoms with E-state index in [1.165, 1.54) is 6.07 Å². The van der Waals surface area contributed by atoms with Crippen molar-refractivity contribution < 1.29 is 4.42 Å².